The van der Waals surface area contributed by atoms with Crippen LogP contribution in [0.2, 0.25) is 0 Å². The maximum absolute atomic E-state index is 13.1. The SMILES string of the molecule is CC/C=C\C/C=C\C/C=C\C/C=C\C/C=C\CC(=O)OC(COC(=O)CCCCCCCC/C=C\C/C=C\C/C=C\C/C=C\CC)COP(=O)(O)OCC(O)COP(=O)(O)OCC(COC(=O)CCCCCCCCCCCCCCCCC)OC(=O)CCCCCCC/C=C\CCCCCC. The zero-order valence-electron chi connectivity index (χ0n) is 64.0. The lowest BCUT2D eigenvalue weighted by molar-refractivity contribution is -0.161. The van der Waals surface area contributed by atoms with Crippen LogP contribution in [0.5, 0.6) is 0 Å². The highest BCUT2D eigenvalue weighted by molar-refractivity contribution is 7.47. The van der Waals surface area contributed by atoms with Crippen molar-refractivity contribution in [2.75, 3.05) is 39.6 Å². The average Bonchev–Trinajstić information content (AvgIpc) is 0.907. The summed E-state index contributed by atoms with van der Waals surface area (Å²) in [7, 11) is -9.99. The van der Waals surface area contributed by atoms with Crippen LogP contribution in [0, 0.1) is 0 Å². The Bertz CT molecular complexity index is 2410. The van der Waals surface area contributed by atoms with E-state index in [1.807, 2.05) is 12.2 Å². The minimum atomic E-state index is -5.01. The summed E-state index contributed by atoms with van der Waals surface area (Å²) in [5, 5.41) is 10.6. The van der Waals surface area contributed by atoms with Crippen molar-refractivity contribution >= 4 is 39.5 Å². The van der Waals surface area contributed by atoms with E-state index in [9.17, 15) is 43.2 Å². The molecule has 102 heavy (non-hydrogen) atoms. The number of hydrogen-bond acceptors (Lipinski definition) is 15. The summed E-state index contributed by atoms with van der Waals surface area (Å²) in [5.41, 5.74) is 0. The van der Waals surface area contributed by atoms with Crippen LogP contribution < -0.4 is 0 Å². The van der Waals surface area contributed by atoms with Crippen molar-refractivity contribution in [1.29, 1.82) is 0 Å². The van der Waals surface area contributed by atoms with Gasteiger partial charge in [-0.2, -0.15) is 0 Å². The number of aliphatic hydroxyl groups excluding tert-OH is 1. The topological polar surface area (TPSA) is 237 Å². The number of carbonyl (C=O) groups excluding carboxylic acids is 4. The lowest BCUT2D eigenvalue weighted by atomic mass is 10.0. The van der Waals surface area contributed by atoms with E-state index in [1.165, 1.54) is 96.3 Å². The van der Waals surface area contributed by atoms with Gasteiger partial charge in [-0.15, -0.1) is 0 Å². The molecule has 0 aromatic rings. The number of unbranched alkanes of at least 4 members (excludes halogenated alkanes) is 29. The molecule has 0 fully saturated rings. The van der Waals surface area contributed by atoms with E-state index in [0.29, 0.717) is 25.7 Å². The van der Waals surface area contributed by atoms with Gasteiger partial charge in [-0.25, -0.2) is 9.13 Å². The summed E-state index contributed by atoms with van der Waals surface area (Å²) >= 11 is 0. The van der Waals surface area contributed by atoms with Gasteiger partial charge < -0.3 is 33.8 Å². The minimum absolute atomic E-state index is 0.0834. The number of hydrogen-bond donors (Lipinski definition) is 3. The Kier molecular flexibility index (Phi) is 71.4. The second-order valence-electron chi connectivity index (χ2n) is 26.3. The van der Waals surface area contributed by atoms with Crippen molar-refractivity contribution < 1.29 is 80.2 Å². The maximum Gasteiger partial charge on any atom is 0.472 e. The monoisotopic (exact) mass is 1470 g/mol. The number of phosphoric ester groups is 2. The van der Waals surface area contributed by atoms with E-state index >= 15 is 0 Å². The third-order valence-corrected chi connectivity index (χ3v) is 18.4. The molecule has 0 rings (SSSR count). The Balaban J connectivity index is 5.41. The first kappa shape index (κ1) is 97.5. The molecule has 0 spiro atoms. The van der Waals surface area contributed by atoms with E-state index < -0.39 is 97.5 Å². The van der Waals surface area contributed by atoms with Crippen LogP contribution in [0.3, 0.4) is 0 Å². The molecule has 19 heteroatoms. The highest BCUT2D eigenvalue weighted by Crippen LogP contribution is 2.45. The third kappa shape index (κ3) is 73.8. The van der Waals surface area contributed by atoms with Crippen LogP contribution in [0.4, 0.5) is 0 Å². The predicted molar refractivity (Wildman–Crippen MR) is 418 cm³/mol. The summed E-state index contributed by atoms with van der Waals surface area (Å²) in [4.78, 5) is 72.9. The zero-order valence-corrected chi connectivity index (χ0v) is 65.8. The Morgan fingerprint density at radius 3 is 0.892 bits per heavy atom. The number of ether oxygens (including phenoxy) is 4. The molecule has 0 aromatic carbocycles. The summed E-state index contributed by atoms with van der Waals surface area (Å²) < 4.78 is 68.4. The largest absolute Gasteiger partial charge is 0.472 e. The van der Waals surface area contributed by atoms with Crippen molar-refractivity contribution in [2.45, 2.75) is 341 Å². The highest BCUT2D eigenvalue weighted by Gasteiger charge is 2.30. The quantitative estimate of drug-likeness (QED) is 0.0169. The van der Waals surface area contributed by atoms with Gasteiger partial charge in [0.1, 0.15) is 19.3 Å². The van der Waals surface area contributed by atoms with Crippen LogP contribution in [0.25, 0.3) is 0 Å². The fourth-order valence-electron chi connectivity index (χ4n) is 10.5. The molecular formula is C83H142O17P2. The average molecular weight is 1470 g/mol. The molecule has 17 nitrogen and oxygen atoms in total. The van der Waals surface area contributed by atoms with Gasteiger partial charge in [0.2, 0.25) is 0 Å². The first-order valence-electron chi connectivity index (χ1n) is 39.8. The lowest BCUT2D eigenvalue weighted by Gasteiger charge is -2.21. The Labute approximate surface area is 619 Å². The van der Waals surface area contributed by atoms with Gasteiger partial charge in [0.15, 0.2) is 12.2 Å². The molecule has 0 saturated heterocycles. The van der Waals surface area contributed by atoms with Gasteiger partial charge in [0, 0.05) is 19.3 Å². The summed E-state index contributed by atoms with van der Waals surface area (Å²) in [5.74, 6) is -2.34. The van der Waals surface area contributed by atoms with Crippen LogP contribution >= 0.6 is 15.6 Å². The molecule has 586 valence electrons. The summed E-state index contributed by atoms with van der Waals surface area (Å²) in [6, 6.07) is 0. The number of phosphoric acid groups is 2. The van der Waals surface area contributed by atoms with Gasteiger partial charge >= 0.3 is 39.5 Å². The molecule has 0 radical (unpaired) electrons. The Morgan fingerprint density at radius 2 is 0.549 bits per heavy atom. The van der Waals surface area contributed by atoms with Gasteiger partial charge in [0.25, 0.3) is 0 Å². The minimum Gasteiger partial charge on any atom is -0.462 e. The molecule has 0 heterocycles. The highest BCUT2D eigenvalue weighted by atomic mass is 31.2. The van der Waals surface area contributed by atoms with Crippen LogP contribution in [-0.4, -0.2) is 96.7 Å². The predicted octanol–water partition coefficient (Wildman–Crippen LogP) is 23.1. The zero-order chi connectivity index (χ0) is 74.6. The molecule has 0 saturated carbocycles. The Hall–Kier alpha value is -4.54. The van der Waals surface area contributed by atoms with Gasteiger partial charge in [-0.05, 0) is 116 Å². The van der Waals surface area contributed by atoms with Crippen LogP contribution in [0.15, 0.2) is 122 Å². The first-order valence-corrected chi connectivity index (χ1v) is 42.8. The molecule has 0 aliphatic carbocycles. The molecule has 0 amide bonds. The number of allylic oxidation sites excluding steroid dienone is 19. The van der Waals surface area contributed by atoms with E-state index in [2.05, 4.69) is 125 Å². The van der Waals surface area contributed by atoms with Crippen molar-refractivity contribution in [1.82, 2.24) is 0 Å². The van der Waals surface area contributed by atoms with Crippen molar-refractivity contribution in [2.24, 2.45) is 0 Å². The van der Waals surface area contributed by atoms with E-state index in [0.717, 1.165) is 148 Å². The normalized spacial score (nSPS) is 14.5. The van der Waals surface area contributed by atoms with Crippen molar-refractivity contribution in [3.63, 3.8) is 0 Å². The number of aliphatic hydroxyl groups is 1. The molecule has 0 bridgehead atoms. The first-order chi connectivity index (χ1) is 49.7. The maximum atomic E-state index is 13.1. The molecule has 0 aliphatic rings. The van der Waals surface area contributed by atoms with Crippen LogP contribution in [-0.2, 0) is 65.4 Å². The fraction of sp³-hybridized carbons (Fsp3) is 0.711. The van der Waals surface area contributed by atoms with Gasteiger partial charge in [0.05, 0.1) is 32.8 Å². The van der Waals surface area contributed by atoms with Gasteiger partial charge in [-0.3, -0.25) is 37.3 Å². The van der Waals surface area contributed by atoms with E-state index in [1.54, 1.807) is 12.2 Å². The standard InChI is InChI=1S/C83H142O17P2/c1-5-9-13-17-21-25-29-33-36-37-38-39-42-45-48-52-56-60-64-68-81(86)94-74-79(100-83(88)70-66-62-58-54-50-46-41-35-31-27-23-19-15-11-7-3)76-98-102(91,92)96-72-77(84)71-95-101(89,90)97-75-78(99-82(87)69-65-61-57-53-49-43-32-28-24-20-16-12-8-4)73-93-80(85)67-63-59-55-51-47-44-40-34-30-26-22-18-14-10-6-2/h9,11,13,15,21,23,25,27-28,32-33,35-36,38-39,41,50,54,62,66,77-79,84H,5-8,10,12,14,16-20,22,24,26,29-31,34,37,40,42-49,51-53,55-61,63-65,67-76H2,1-4H3,(H,89,90)(H,91,92)/b13-9-,15-11-,25-21-,27-23-,32-28-,36-33-,39-38-,41-35-,54-50-,66-62-. The van der Waals surface area contributed by atoms with E-state index in [-0.39, 0.29) is 25.7 Å². The molecule has 3 N–H and O–H groups in total. The Morgan fingerprint density at radius 1 is 0.294 bits per heavy atom. The van der Waals surface area contributed by atoms with Crippen LogP contribution in [0.1, 0.15) is 323 Å². The second-order valence-corrected chi connectivity index (χ2v) is 29.2. The molecule has 0 aromatic heterocycles. The summed E-state index contributed by atoms with van der Waals surface area (Å²) in [6.45, 7) is 4.52. The van der Waals surface area contributed by atoms with Gasteiger partial charge in [-0.1, -0.05) is 303 Å². The number of carbonyl (C=O) groups is 4. The smallest absolute Gasteiger partial charge is 0.462 e. The van der Waals surface area contributed by atoms with Crippen molar-refractivity contribution in [3.05, 3.63) is 122 Å². The molecular weight excluding hydrogens is 1330 g/mol. The van der Waals surface area contributed by atoms with E-state index in [4.69, 9.17) is 37.0 Å². The number of esters is 4. The fourth-order valence-corrected chi connectivity index (χ4v) is 12.0. The molecule has 0 aliphatic heterocycles. The molecule has 5 atom stereocenters. The molecule has 5 unspecified atom stereocenters. The summed E-state index contributed by atoms with van der Waals surface area (Å²) in [6.07, 6.45) is 82.1. The number of rotatable bonds is 74. The second kappa shape index (κ2) is 74.7. The van der Waals surface area contributed by atoms with Crippen molar-refractivity contribution in [3.8, 4) is 0 Å². The third-order valence-electron chi connectivity index (χ3n) is 16.5. The lowest BCUT2D eigenvalue weighted by Crippen LogP contribution is -2.30.